The second-order valence-electron chi connectivity index (χ2n) is 5.38. The summed E-state index contributed by atoms with van der Waals surface area (Å²) >= 11 is 0. The van der Waals surface area contributed by atoms with Gasteiger partial charge in [-0.05, 0) is 31.0 Å². The largest absolute Gasteiger partial charge is 0.380 e. The molecule has 1 amide bonds. The zero-order chi connectivity index (χ0) is 15.1. The molecule has 1 aliphatic rings. The quantitative estimate of drug-likeness (QED) is 0.752. The molecule has 0 N–H and O–H groups in total. The van der Waals surface area contributed by atoms with Crippen molar-refractivity contribution in [3.63, 3.8) is 0 Å². The van der Waals surface area contributed by atoms with Crippen molar-refractivity contribution < 1.29 is 9.53 Å². The second kappa shape index (κ2) is 8.15. The zero-order valence-corrected chi connectivity index (χ0v) is 13.2. The number of benzene rings is 1. The molecule has 116 valence electrons. The molecule has 1 saturated heterocycles. The van der Waals surface area contributed by atoms with Gasteiger partial charge in [0.15, 0.2) is 0 Å². The number of hydrogen-bond donors (Lipinski definition) is 0. The highest BCUT2D eigenvalue weighted by molar-refractivity contribution is 5.94. The summed E-state index contributed by atoms with van der Waals surface area (Å²) in [6.07, 6.45) is 1.01. The first-order valence-electron chi connectivity index (χ1n) is 7.93. The van der Waals surface area contributed by atoms with E-state index >= 15 is 0 Å². The van der Waals surface area contributed by atoms with Gasteiger partial charge in [0.05, 0.1) is 6.61 Å². The number of nitrogens with zero attached hydrogens (tertiary/aromatic N) is 2. The van der Waals surface area contributed by atoms with Crippen molar-refractivity contribution in [1.82, 2.24) is 9.80 Å². The summed E-state index contributed by atoms with van der Waals surface area (Å²) in [6.45, 7) is 10.1. The van der Waals surface area contributed by atoms with Crippen LogP contribution in [-0.2, 0) is 11.2 Å². The lowest BCUT2D eigenvalue weighted by Gasteiger charge is -2.34. The van der Waals surface area contributed by atoms with Gasteiger partial charge in [-0.15, -0.1) is 0 Å². The summed E-state index contributed by atoms with van der Waals surface area (Å²) in [5.41, 5.74) is 2.07. The molecular weight excluding hydrogens is 264 g/mol. The molecule has 0 aliphatic carbocycles. The van der Waals surface area contributed by atoms with E-state index in [9.17, 15) is 4.79 Å². The van der Waals surface area contributed by atoms with Gasteiger partial charge in [-0.2, -0.15) is 0 Å². The summed E-state index contributed by atoms with van der Waals surface area (Å²) in [7, 11) is 0. The van der Waals surface area contributed by atoms with E-state index in [-0.39, 0.29) is 5.91 Å². The van der Waals surface area contributed by atoms with Crippen LogP contribution in [0.2, 0.25) is 0 Å². The van der Waals surface area contributed by atoms with Crippen LogP contribution in [0, 0.1) is 0 Å². The Balaban J connectivity index is 1.82. The van der Waals surface area contributed by atoms with Crippen molar-refractivity contribution in [2.45, 2.75) is 20.3 Å². The molecular formula is C17H26N2O2. The molecule has 1 heterocycles. The van der Waals surface area contributed by atoms with Crippen molar-refractivity contribution in [3.05, 3.63) is 35.4 Å². The first-order valence-corrected chi connectivity index (χ1v) is 7.93. The molecule has 2 rings (SSSR count). The van der Waals surface area contributed by atoms with Gasteiger partial charge in [0.2, 0.25) is 0 Å². The fourth-order valence-electron chi connectivity index (χ4n) is 2.58. The number of piperazine rings is 1. The van der Waals surface area contributed by atoms with Crippen molar-refractivity contribution in [2.75, 3.05) is 45.9 Å². The van der Waals surface area contributed by atoms with Gasteiger partial charge in [-0.1, -0.05) is 19.1 Å². The molecule has 0 atom stereocenters. The summed E-state index contributed by atoms with van der Waals surface area (Å²) in [5.74, 6) is 0.155. The number of carbonyl (C=O) groups excluding carboxylic acids is 1. The second-order valence-corrected chi connectivity index (χ2v) is 5.38. The van der Waals surface area contributed by atoms with Crippen LogP contribution < -0.4 is 0 Å². The molecule has 1 aliphatic heterocycles. The molecule has 1 aromatic rings. The molecule has 1 aromatic carbocycles. The van der Waals surface area contributed by atoms with Crippen LogP contribution in [0.4, 0.5) is 0 Å². The molecule has 0 spiro atoms. The molecule has 0 bridgehead atoms. The minimum absolute atomic E-state index is 0.155. The number of hydrogen-bond acceptors (Lipinski definition) is 3. The average Bonchev–Trinajstić information content (AvgIpc) is 2.55. The minimum atomic E-state index is 0.155. The predicted molar refractivity (Wildman–Crippen MR) is 84.7 cm³/mol. The molecule has 0 radical (unpaired) electrons. The maximum absolute atomic E-state index is 12.4. The van der Waals surface area contributed by atoms with Crippen molar-refractivity contribution >= 4 is 5.91 Å². The van der Waals surface area contributed by atoms with Gasteiger partial charge in [0.1, 0.15) is 0 Å². The Bertz CT molecular complexity index is 437. The molecule has 0 saturated carbocycles. The van der Waals surface area contributed by atoms with E-state index in [1.54, 1.807) is 0 Å². The van der Waals surface area contributed by atoms with Crippen LogP contribution in [0.15, 0.2) is 24.3 Å². The number of carbonyl (C=O) groups is 1. The Morgan fingerprint density at radius 3 is 2.33 bits per heavy atom. The van der Waals surface area contributed by atoms with Gasteiger partial charge in [0.25, 0.3) is 5.91 Å². The SMILES string of the molecule is CCOCCN1CCN(C(=O)c2ccc(CC)cc2)CC1. The maximum Gasteiger partial charge on any atom is 0.253 e. The fraction of sp³-hybridized carbons (Fsp3) is 0.588. The predicted octanol–water partition coefficient (Wildman–Crippen LogP) is 2.04. The normalized spacial score (nSPS) is 16.2. The van der Waals surface area contributed by atoms with Crippen LogP contribution in [0.1, 0.15) is 29.8 Å². The Morgan fingerprint density at radius 2 is 1.76 bits per heavy atom. The number of ether oxygens (including phenoxy) is 1. The Morgan fingerprint density at radius 1 is 1.10 bits per heavy atom. The van der Waals surface area contributed by atoms with E-state index in [1.165, 1.54) is 5.56 Å². The Labute approximate surface area is 127 Å². The smallest absolute Gasteiger partial charge is 0.253 e. The molecule has 0 aromatic heterocycles. The average molecular weight is 290 g/mol. The highest BCUT2D eigenvalue weighted by Crippen LogP contribution is 2.10. The monoisotopic (exact) mass is 290 g/mol. The lowest BCUT2D eigenvalue weighted by atomic mass is 10.1. The first kappa shape index (κ1) is 16.0. The van der Waals surface area contributed by atoms with E-state index in [1.807, 2.05) is 36.1 Å². The summed E-state index contributed by atoms with van der Waals surface area (Å²) in [6, 6.07) is 7.99. The van der Waals surface area contributed by atoms with Crippen LogP contribution in [-0.4, -0.2) is 61.6 Å². The van der Waals surface area contributed by atoms with Crippen LogP contribution in [0.3, 0.4) is 0 Å². The topological polar surface area (TPSA) is 32.8 Å². The van der Waals surface area contributed by atoms with Gasteiger partial charge < -0.3 is 9.64 Å². The van der Waals surface area contributed by atoms with Gasteiger partial charge in [-0.3, -0.25) is 9.69 Å². The maximum atomic E-state index is 12.4. The van der Waals surface area contributed by atoms with Crippen molar-refractivity contribution in [3.8, 4) is 0 Å². The number of amides is 1. The van der Waals surface area contributed by atoms with E-state index in [4.69, 9.17) is 4.74 Å². The highest BCUT2D eigenvalue weighted by Gasteiger charge is 2.21. The first-order chi connectivity index (χ1) is 10.2. The zero-order valence-electron chi connectivity index (χ0n) is 13.2. The lowest BCUT2D eigenvalue weighted by molar-refractivity contribution is 0.0565. The number of aryl methyl sites for hydroxylation is 1. The standard InChI is InChI=1S/C17H26N2O2/c1-3-15-5-7-16(8-6-15)17(20)19-11-9-18(10-12-19)13-14-21-4-2/h5-8H,3-4,9-14H2,1-2H3. The van der Waals surface area contributed by atoms with E-state index in [0.717, 1.165) is 57.9 Å². The third kappa shape index (κ3) is 4.55. The van der Waals surface area contributed by atoms with Crippen LogP contribution >= 0.6 is 0 Å². The fourth-order valence-corrected chi connectivity index (χ4v) is 2.58. The van der Waals surface area contributed by atoms with Gasteiger partial charge in [0, 0.05) is 44.9 Å². The van der Waals surface area contributed by atoms with Crippen LogP contribution in [0.25, 0.3) is 0 Å². The molecule has 4 nitrogen and oxygen atoms in total. The van der Waals surface area contributed by atoms with Gasteiger partial charge >= 0.3 is 0 Å². The number of rotatable bonds is 6. The summed E-state index contributed by atoms with van der Waals surface area (Å²) in [5, 5.41) is 0. The Kier molecular flexibility index (Phi) is 6.21. The van der Waals surface area contributed by atoms with Crippen molar-refractivity contribution in [2.24, 2.45) is 0 Å². The summed E-state index contributed by atoms with van der Waals surface area (Å²) in [4.78, 5) is 16.8. The van der Waals surface area contributed by atoms with E-state index in [0.29, 0.717) is 0 Å². The lowest BCUT2D eigenvalue weighted by Crippen LogP contribution is -2.49. The minimum Gasteiger partial charge on any atom is -0.380 e. The molecule has 1 fully saturated rings. The summed E-state index contributed by atoms with van der Waals surface area (Å²) < 4.78 is 5.38. The molecule has 21 heavy (non-hydrogen) atoms. The van der Waals surface area contributed by atoms with Gasteiger partial charge in [-0.25, -0.2) is 0 Å². The third-order valence-electron chi connectivity index (χ3n) is 4.02. The van der Waals surface area contributed by atoms with Crippen molar-refractivity contribution in [1.29, 1.82) is 0 Å². The van der Waals surface area contributed by atoms with E-state index < -0.39 is 0 Å². The molecule has 4 heteroatoms. The highest BCUT2D eigenvalue weighted by atomic mass is 16.5. The third-order valence-corrected chi connectivity index (χ3v) is 4.02. The molecule has 0 unspecified atom stereocenters. The van der Waals surface area contributed by atoms with E-state index in [2.05, 4.69) is 11.8 Å². The van der Waals surface area contributed by atoms with Crippen LogP contribution in [0.5, 0.6) is 0 Å². The Hall–Kier alpha value is -1.39.